The number of nitrogens with one attached hydrogen (secondary N) is 1. The Labute approximate surface area is 84.7 Å². The summed E-state index contributed by atoms with van der Waals surface area (Å²) in [6, 6.07) is 0. The van der Waals surface area contributed by atoms with Crippen LogP contribution in [0.1, 0.15) is 27.2 Å². The van der Waals surface area contributed by atoms with Crippen LogP contribution in [0.5, 0.6) is 0 Å². The van der Waals surface area contributed by atoms with Gasteiger partial charge in [-0.2, -0.15) is 0 Å². The van der Waals surface area contributed by atoms with E-state index in [2.05, 4.69) is 32.2 Å². The SMILES string of the molecule is CC1=CC(C)(C)C2=C(CCNC2)S1. The van der Waals surface area contributed by atoms with E-state index in [1.54, 1.807) is 10.5 Å². The van der Waals surface area contributed by atoms with Crippen molar-refractivity contribution in [1.82, 2.24) is 5.32 Å². The van der Waals surface area contributed by atoms with E-state index >= 15 is 0 Å². The number of hydrogen-bond donors (Lipinski definition) is 1. The van der Waals surface area contributed by atoms with Crippen LogP contribution < -0.4 is 5.32 Å². The van der Waals surface area contributed by atoms with E-state index in [0.29, 0.717) is 0 Å². The maximum Gasteiger partial charge on any atom is 0.0184 e. The monoisotopic (exact) mass is 195 g/mol. The summed E-state index contributed by atoms with van der Waals surface area (Å²) in [6.45, 7) is 9.09. The van der Waals surface area contributed by atoms with E-state index in [9.17, 15) is 0 Å². The van der Waals surface area contributed by atoms with Gasteiger partial charge in [0.25, 0.3) is 0 Å². The quantitative estimate of drug-likeness (QED) is 0.638. The minimum atomic E-state index is 0.276. The van der Waals surface area contributed by atoms with E-state index in [0.717, 1.165) is 13.1 Å². The van der Waals surface area contributed by atoms with Gasteiger partial charge < -0.3 is 5.32 Å². The fourth-order valence-electron chi connectivity index (χ4n) is 2.18. The van der Waals surface area contributed by atoms with Gasteiger partial charge >= 0.3 is 0 Å². The molecular weight excluding hydrogens is 178 g/mol. The van der Waals surface area contributed by atoms with Crippen molar-refractivity contribution in [3.8, 4) is 0 Å². The third kappa shape index (κ3) is 1.70. The number of allylic oxidation sites excluding steroid dienone is 2. The van der Waals surface area contributed by atoms with Crippen molar-refractivity contribution in [2.24, 2.45) is 5.41 Å². The molecule has 0 radical (unpaired) electrons. The zero-order valence-corrected chi connectivity index (χ0v) is 9.42. The highest BCUT2D eigenvalue weighted by Crippen LogP contribution is 2.45. The van der Waals surface area contributed by atoms with Crippen LogP contribution in [-0.4, -0.2) is 13.1 Å². The molecule has 0 aromatic carbocycles. The zero-order chi connectivity index (χ0) is 9.47. The molecule has 2 rings (SSSR count). The summed E-state index contributed by atoms with van der Waals surface area (Å²) in [5.41, 5.74) is 1.88. The van der Waals surface area contributed by atoms with E-state index in [-0.39, 0.29) is 5.41 Å². The maximum absolute atomic E-state index is 3.45. The summed E-state index contributed by atoms with van der Waals surface area (Å²) < 4.78 is 0. The maximum atomic E-state index is 3.45. The zero-order valence-electron chi connectivity index (χ0n) is 8.61. The van der Waals surface area contributed by atoms with Crippen molar-refractivity contribution in [1.29, 1.82) is 0 Å². The Morgan fingerprint density at radius 1 is 1.46 bits per heavy atom. The van der Waals surface area contributed by atoms with E-state index < -0.39 is 0 Å². The standard InChI is InChI=1S/C11H17NS/c1-8-6-11(2,3)9-7-12-5-4-10(9)13-8/h6,12H,4-5,7H2,1-3H3. The van der Waals surface area contributed by atoms with Gasteiger partial charge in [0.2, 0.25) is 0 Å². The fourth-order valence-corrected chi connectivity index (χ4v) is 3.59. The van der Waals surface area contributed by atoms with Crippen molar-refractivity contribution < 1.29 is 0 Å². The third-order valence-corrected chi connectivity index (χ3v) is 3.93. The van der Waals surface area contributed by atoms with Gasteiger partial charge in [0.05, 0.1) is 0 Å². The van der Waals surface area contributed by atoms with Crippen LogP contribution in [0, 0.1) is 5.41 Å². The molecule has 1 N–H and O–H groups in total. The van der Waals surface area contributed by atoms with Gasteiger partial charge in [-0.25, -0.2) is 0 Å². The molecule has 72 valence electrons. The molecule has 1 nitrogen and oxygen atoms in total. The summed E-state index contributed by atoms with van der Waals surface area (Å²) in [7, 11) is 0. The van der Waals surface area contributed by atoms with Crippen LogP contribution in [0.2, 0.25) is 0 Å². The van der Waals surface area contributed by atoms with E-state index in [1.165, 1.54) is 11.3 Å². The van der Waals surface area contributed by atoms with Crippen molar-refractivity contribution in [2.75, 3.05) is 13.1 Å². The molecule has 0 saturated carbocycles. The van der Waals surface area contributed by atoms with Crippen molar-refractivity contribution in [2.45, 2.75) is 27.2 Å². The lowest BCUT2D eigenvalue weighted by atomic mass is 9.81. The molecule has 0 fully saturated rings. The molecule has 0 aromatic heterocycles. The second kappa shape index (κ2) is 3.18. The summed E-state index contributed by atoms with van der Waals surface area (Å²) in [5.74, 6) is 0. The first-order chi connectivity index (χ1) is 6.09. The topological polar surface area (TPSA) is 12.0 Å². The molecule has 0 amide bonds. The first kappa shape index (κ1) is 9.35. The van der Waals surface area contributed by atoms with Gasteiger partial charge in [-0.15, -0.1) is 0 Å². The first-order valence-electron chi connectivity index (χ1n) is 4.90. The second-order valence-electron chi connectivity index (χ2n) is 4.41. The summed E-state index contributed by atoms with van der Waals surface area (Å²) in [6.07, 6.45) is 3.61. The van der Waals surface area contributed by atoms with Crippen LogP contribution in [0.3, 0.4) is 0 Å². The fraction of sp³-hybridized carbons (Fsp3) is 0.636. The van der Waals surface area contributed by atoms with Crippen LogP contribution in [0.25, 0.3) is 0 Å². The van der Waals surface area contributed by atoms with Crippen LogP contribution in [0.4, 0.5) is 0 Å². The Kier molecular flexibility index (Phi) is 2.28. The lowest BCUT2D eigenvalue weighted by Crippen LogP contribution is -2.32. The highest BCUT2D eigenvalue weighted by Gasteiger charge is 2.29. The van der Waals surface area contributed by atoms with Gasteiger partial charge in [-0.3, -0.25) is 0 Å². The smallest absolute Gasteiger partial charge is 0.0184 e. The summed E-state index contributed by atoms with van der Waals surface area (Å²) >= 11 is 1.97. The molecule has 0 aliphatic carbocycles. The predicted molar refractivity (Wildman–Crippen MR) is 59.6 cm³/mol. The van der Waals surface area contributed by atoms with Gasteiger partial charge in [0.15, 0.2) is 0 Å². The molecule has 0 spiro atoms. The minimum Gasteiger partial charge on any atom is -0.313 e. The molecule has 2 heterocycles. The molecular formula is C11H17NS. The molecule has 0 aromatic rings. The van der Waals surface area contributed by atoms with Gasteiger partial charge in [0, 0.05) is 12.0 Å². The van der Waals surface area contributed by atoms with Crippen molar-refractivity contribution in [3.63, 3.8) is 0 Å². The van der Waals surface area contributed by atoms with Gasteiger partial charge in [-0.1, -0.05) is 31.7 Å². The van der Waals surface area contributed by atoms with Gasteiger partial charge in [-0.05, 0) is 35.3 Å². The lowest BCUT2D eigenvalue weighted by Gasteiger charge is -2.35. The lowest BCUT2D eigenvalue weighted by molar-refractivity contribution is 0.517. The molecule has 2 aliphatic heterocycles. The second-order valence-corrected chi connectivity index (χ2v) is 5.75. The van der Waals surface area contributed by atoms with Crippen LogP contribution >= 0.6 is 11.8 Å². The molecule has 0 bridgehead atoms. The van der Waals surface area contributed by atoms with E-state index in [4.69, 9.17) is 0 Å². The Morgan fingerprint density at radius 2 is 2.23 bits per heavy atom. The molecule has 2 heteroatoms. The third-order valence-electron chi connectivity index (χ3n) is 2.79. The van der Waals surface area contributed by atoms with Crippen molar-refractivity contribution in [3.05, 3.63) is 21.5 Å². The number of thioether (sulfide) groups is 1. The Hall–Kier alpha value is -0.210. The molecule has 13 heavy (non-hydrogen) atoms. The first-order valence-corrected chi connectivity index (χ1v) is 5.72. The Morgan fingerprint density at radius 3 is 3.00 bits per heavy atom. The summed E-state index contributed by atoms with van der Waals surface area (Å²) in [5, 5.41) is 3.45. The van der Waals surface area contributed by atoms with Gasteiger partial charge in [0.1, 0.15) is 0 Å². The predicted octanol–water partition coefficient (Wildman–Crippen LogP) is 2.91. The van der Waals surface area contributed by atoms with Crippen LogP contribution in [0.15, 0.2) is 21.5 Å². The molecule has 0 saturated heterocycles. The largest absolute Gasteiger partial charge is 0.313 e. The van der Waals surface area contributed by atoms with Crippen LogP contribution in [-0.2, 0) is 0 Å². The summed E-state index contributed by atoms with van der Waals surface area (Å²) in [4.78, 5) is 3.08. The Bertz CT molecular complexity index is 286. The molecule has 2 aliphatic rings. The average Bonchev–Trinajstić information content (AvgIpc) is 2.02. The average molecular weight is 195 g/mol. The Balaban J connectivity index is 2.36. The number of rotatable bonds is 0. The highest BCUT2D eigenvalue weighted by atomic mass is 32.2. The molecule has 0 unspecified atom stereocenters. The highest BCUT2D eigenvalue weighted by molar-refractivity contribution is 8.06. The minimum absolute atomic E-state index is 0.276. The molecule has 0 atom stereocenters. The van der Waals surface area contributed by atoms with Crippen molar-refractivity contribution >= 4 is 11.8 Å². The van der Waals surface area contributed by atoms with E-state index in [1.807, 2.05) is 11.8 Å². The number of hydrogen-bond acceptors (Lipinski definition) is 2. The normalized spacial score (nSPS) is 26.8.